The molecule has 0 bridgehead atoms. The van der Waals surface area contributed by atoms with E-state index in [0.717, 1.165) is 38.8 Å². The van der Waals surface area contributed by atoms with E-state index < -0.39 is 0 Å². The zero-order chi connectivity index (χ0) is 20.3. The van der Waals surface area contributed by atoms with Crippen LogP contribution in [0.15, 0.2) is 53.5 Å². The molecular formula is C22H29ClN4O2. The fourth-order valence-electron chi connectivity index (χ4n) is 3.18. The van der Waals surface area contributed by atoms with Crippen LogP contribution in [0.5, 0.6) is 5.75 Å². The average molecular weight is 417 g/mol. The monoisotopic (exact) mass is 416 g/mol. The lowest BCUT2D eigenvalue weighted by molar-refractivity contribution is 0.0341. The maximum Gasteiger partial charge on any atom is 0.191 e. The standard InChI is InChI=1S/C22H29ClN4O2/c1-24-22(25-10-13-29-21-9-5-4-8-20(21)23)26-16-18-6-2-3-7-19(18)17-27-11-14-28-15-12-27/h2-9H,10-17H2,1H3,(H2,24,25,26). The number of para-hydroxylation sites is 1. The zero-order valence-electron chi connectivity index (χ0n) is 16.9. The second-order valence-corrected chi connectivity index (χ2v) is 7.20. The number of ether oxygens (including phenoxy) is 2. The lowest BCUT2D eigenvalue weighted by atomic mass is 10.1. The summed E-state index contributed by atoms with van der Waals surface area (Å²) in [6, 6.07) is 16.0. The molecule has 0 aromatic heterocycles. The van der Waals surface area contributed by atoms with Gasteiger partial charge in [0.15, 0.2) is 5.96 Å². The molecular weight excluding hydrogens is 388 g/mol. The molecule has 0 spiro atoms. The lowest BCUT2D eigenvalue weighted by Gasteiger charge is -2.27. The third-order valence-electron chi connectivity index (χ3n) is 4.77. The summed E-state index contributed by atoms with van der Waals surface area (Å²) in [6.07, 6.45) is 0. The number of hydrogen-bond donors (Lipinski definition) is 2. The van der Waals surface area contributed by atoms with Gasteiger partial charge in [0.1, 0.15) is 12.4 Å². The van der Waals surface area contributed by atoms with Crippen molar-refractivity contribution in [3.63, 3.8) is 0 Å². The third kappa shape index (κ3) is 6.92. The van der Waals surface area contributed by atoms with Crippen molar-refractivity contribution in [2.45, 2.75) is 13.1 Å². The molecule has 0 aliphatic carbocycles. The highest BCUT2D eigenvalue weighted by Gasteiger charge is 2.12. The SMILES string of the molecule is CN=C(NCCOc1ccccc1Cl)NCc1ccccc1CN1CCOCC1. The number of nitrogens with zero attached hydrogens (tertiary/aromatic N) is 2. The topological polar surface area (TPSA) is 58.1 Å². The molecule has 2 aromatic rings. The number of guanidine groups is 1. The summed E-state index contributed by atoms with van der Waals surface area (Å²) >= 11 is 6.10. The molecule has 7 heteroatoms. The van der Waals surface area contributed by atoms with E-state index in [2.05, 4.69) is 44.8 Å². The fraction of sp³-hybridized carbons (Fsp3) is 0.409. The Bertz CT molecular complexity index is 794. The second-order valence-electron chi connectivity index (χ2n) is 6.79. The van der Waals surface area contributed by atoms with Crippen molar-refractivity contribution in [3.05, 3.63) is 64.7 Å². The summed E-state index contributed by atoms with van der Waals surface area (Å²) in [7, 11) is 1.77. The van der Waals surface area contributed by atoms with Gasteiger partial charge in [-0.3, -0.25) is 9.89 Å². The molecule has 0 saturated carbocycles. The van der Waals surface area contributed by atoms with Gasteiger partial charge in [0, 0.05) is 33.2 Å². The Labute approximate surface area is 177 Å². The summed E-state index contributed by atoms with van der Waals surface area (Å²) in [5.74, 6) is 1.44. The van der Waals surface area contributed by atoms with Gasteiger partial charge >= 0.3 is 0 Å². The van der Waals surface area contributed by atoms with Crippen LogP contribution in [0.3, 0.4) is 0 Å². The Morgan fingerprint density at radius 1 is 1.07 bits per heavy atom. The van der Waals surface area contributed by atoms with Crippen LogP contribution in [0.4, 0.5) is 0 Å². The number of rotatable bonds is 8. The van der Waals surface area contributed by atoms with Crippen molar-refractivity contribution in [3.8, 4) is 5.75 Å². The molecule has 1 aliphatic rings. The second kappa shape index (κ2) is 11.7. The van der Waals surface area contributed by atoms with E-state index in [9.17, 15) is 0 Å². The van der Waals surface area contributed by atoms with Gasteiger partial charge in [0.25, 0.3) is 0 Å². The van der Waals surface area contributed by atoms with Gasteiger partial charge in [-0.25, -0.2) is 0 Å². The van der Waals surface area contributed by atoms with Crippen LogP contribution in [0, 0.1) is 0 Å². The number of hydrogen-bond acceptors (Lipinski definition) is 4. The molecule has 156 valence electrons. The number of morpholine rings is 1. The summed E-state index contributed by atoms with van der Waals surface area (Å²) < 4.78 is 11.2. The molecule has 1 aliphatic heterocycles. The first-order valence-corrected chi connectivity index (χ1v) is 10.3. The van der Waals surface area contributed by atoms with Crippen LogP contribution in [0.1, 0.15) is 11.1 Å². The van der Waals surface area contributed by atoms with E-state index >= 15 is 0 Å². The van der Waals surface area contributed by atoms with Crippen molar-refractivity contribution in [2.24, 2.45) is 4.99 Å². The molecule has 1 saturated heterocycles. The third-order valence-corrected chi connectivity index (χ3v) is 5.09. The van der Waals surface area contributed by atoms with E-state index in [1.807, 2.05) is 24.3 Å². The molecule has 6 nitrogen and oxygen atoms in total. The van der Waals surface area contributed by atoms with E-state index in [1.54, 1.807) is 7.05 Å². The van der Waals surface area contributed by atoms with Gasteiger partial charge in [-0.15, -0.1) is 0 Å². The highest BCUT2D eigenvalue weighted by atomic mass is 35.5. The Kier molecular flexibility index (Phi) is 8.61. The molecule has 0 radical (unpaired) electrons. The molecule has 1 heterocycles. The first-order valence-electron chi connectivity index (χ1n) is 9.95. The van der Waals surface area contributed by atoms with E-state index in [0.29, 0.717) is 30.5 Å². The molecule has 0 amide bonds. The summed E-state index contributed by atoms with van der Waals surface area (Å²) in [6.45, 7) is 6.37. The van der Waals surface area contributed by atoms with Crippen molar-refractivity contribution in [2.75, 3.05) is 46.5 Å². The largest absolute Gasteiger partial charge is 0.490 e. The van der Waals surface area contributed by atoms with Gasteiger partial charge in [0.2, 0.25) is 0 Å². The summed E-state index contributed by atoms with van der Waals surface area (Å²) in [5.41, 5.74) is 2.61. The fourth-order valence-corrected chi connectivity index (χ4v) is 3.37. The first-order chi connectivity index (χ1) is 14.3. The molecule has 29 heavy (non-hydrogen) atoms. The van der Waals surface area contributed by atoms with Gasteiger partial charge in [-0.2, -0.15) is 0 Å². The minimum atomic E-state index is 0.498. The van der Waals surface area contributed by atoms with Crippen LogP contribution < -0.4 is 15.4 Å². The van der Waals surface area contributed by atoms with Gasteiger partial charge < -0.3 is 20.1 Å². The molecule has 0 unspecified atom stereocenters. The summed E-state index contributed by atoms with van der Waals surface area (Å²) in [5, 5.41) is 7.28. The van der Waals surface area contributed by atoms with Crippen LogP contribution in [0.2, 0.25) is 5.02 Å². The predicted octanol–water partition coefficient (Wildman–Crippen LogP) is 2.92. The molecule has 1 fully saturated rings. The molecule has 2 aromatic carbocycles. The number of aliphatic imine (C=N–C) groups is 1. The number of nitrogens with one attached hydrogen (secondary N) is 2. The molecule has 2 N–H and O–H groups in total. The van der Waals surface area contributed by atoms with Crippen molar-refractivity contribution < 1.29 is 9.47 Å². The smallest absolute Gasteiger partial charge is 0.191 e. The van der Waals surface area contributed by atoms with Gasteiger partial charge in [-0.1, -0.05) is 48.0 Å². The quantitative estimate of drug-likeness (QED) is 0.393. The lowest BCUT2D eigenvalue weighted by Crippen LogP contribution is -2.39. The predicted molar refractivity (Wildman–Crippen MR) is 118 cm³/mol. The maximum absolute atomic E-state index is 6.10. The normalized spacial score (nSPS) is 15.2. The van der Waals surface area contributed by atoms with E-state index in [4.69, 9.17) is 21.1 Å². The molecule has 3 rings (SSSR count). The minimum Gasteiger partial charge on any atom is -0.490 e. The minimum absolute atomic E-state index is 0.498. The van der Waals surface area contributed by atoms with Crippen molar-refractivity contribution >= 4 is 17.6 Å². The van der Waals surface area contributed by atoms with Crippen LogP contribution in [-0.4, -0.2) is 57.4 Å². The van der Waals surface area contributed by atoms with E-state index in [-0.39, 0.29) is 0 Å². The summed E-state index contributed by atoms with van der Waals surface area (Å²) in [4.78, 5) is 6.73. The zero-order valence-corrected chi connectivity index (χ0v) is 17.6. The van der Waals surface area contributed by atoms with Gasteiger partial charge in [-0.05, 0) is 23.3 Å². The van der Waals surface area contributed by atoms with Crippen molar-refractivity contribution in [1.29, 1.82) is 0 Å². The Balaban J connectivity index is 1.45. The Hall–Kier alpha value is -2.28. The van der Waals surface area contributed by atoms with Crippen LogP contribution in [-0.2, 0) is 17.8 Å². The first kappa shape index (κ1) is 21.4. The number of halogens is 1. The molecule has 0 atom stereocenters. The average Bonchev–Trinajstić information content (AvgIpc) is 2.76. The van der Waals surface area contributed by atoms with Gasteiger partial charge in [0.05, 0.1) is 24.8 Å². The van der Waals surface area contributed by atoms with Crippen molar-refractivity contribution in [1.82, 2.24) is 15.5 Å². The number of benzene rings is 2. The Morgan fingerprint density at radius 2 is 1.79 bits per heavy atom. The van der Waals surface area contributed by atoms with Crippen LogP contribution in [0.25, 0.3) is 0 Å². The Morgan fingerprint density at radius 3 is 2.55 bits per heavy atom. The maximum atomic E-state index is 6.10. The highest BCUT2D eigenvalue weighted by Crippen LogP contribution is 2.22. The van der Waals surface area contributed by atoms with Crippen LogP contribution >= 0.6 is 11.6 Å². The highest BCUT2D eigenvalue weighted by molar-refractivity contribution is 6.32. The van der Waals surface area contributed by atoms with E-state index in [1.165, 1.54) is 11.1 Å².